The Hall–Kier alpha value is -3.86. The first-order valence-corrected chi connectivity index (χ1v) is 21.2. The van der Waals surface area contributed by atoms with Crippen molar-refractivity contribution in [1.82, 2.24) is 19.8 Å². The summed E-state index contributed by atoms with van der Waals surface area (Å²) in [6.45, 7) is 6.85. The number of halogens is 6. The Labute approximate surface area is 324 Å². The van der Waals surface area contributed by atoms with Crippen LogP contribution >= 0.6 is 11.8 Å². The number of morpholine rings is 1. The summed E-state index contributed by atoms with van der Waals surface area (Å²) in [7, 11) is -11.3. The lowest BCUT2D eigenvalue weighted by atomic mass is 10.1. The van der Waals surface area contributed by atoms with Crippen LogP contribution in [0.5, 0.6) is 0 Å². The maximum atomic E-state index is 14.1. The third-order valence-corrected chi connectivity index (χ3v) is 12.5. The molecular weight excluding hydrogens is 815 g/mol. The van der Waals surface area contributed by atoms with Gasteiger partial charge in [-0.3, -0.25) is 9.62 Å². The van der Waals surface area contributed by atoms with Gasteiger partial charge in [-0.1, -0.05) is 18.2 Å². The lowest BCUT2D eigenvalue weighted by Gasteiger charge is -2.31. The lowest BCUT2D eigenvalue weighted by molar-refractivity contribution is -0.145. The molecule has 3 aromatic rings. The summed E-state index contributed by atoms with van der Waals surface area (Å²) in [4.78, 5) is 21.2. The highest BCUT2D eigenvalue weighted by Crippen LogP contribution is 2.38. The van der Waals surface area contributed by atoms with E-state index in [-0.39, 0.29) is 30.0 Å². The van der Waals surface area contributed by atoms with E-state index < -0.39 is 82.9 Å². The van der Waals surface area contributed by atoms with Crippen molar-refractivity contribution in [1.29, 1.82) is 0 Å². The number of carbonyl (C=O) groups is 1. The number of hydrogen-bond acceptors (Lipinski definition) is 12. The summed E-state index contributed by atoms with van der Waals surface area (Å²) in [6.07, 6.45) is -5.90. The molecule has 2 N–H and O–H groups in total. The standard InChI is InChI=1S/C34H40F6N6O7S3/c1-32(2,3)53-31(47)46-14-12-25-27(20-46)42-30(33(35,36)37)43-29(25)44-56(50,51)24-9-10-26(28(19-24)55(48,49)34(38,39)40)41-22(11-13-45-15-17-52-18-16-45)21-54-23-7-5-4-6-8-23/h4-10,19,22,41H,11-18,20-21H2,1-3H3,(H,42,43,44). The van der Waals surface area contributed by atoms with Gasteiger partial charge in [-0.25, -0.2) is 31.6 Å². The Bertz CT molecular complexity index is 2100. The van der Waals surface area contributed by atoms with Gasteiger partial charge in [0.25, 0.3) is 19.9 Å². The molecule has 2 aliphatic heterocycles. The molecule has 308 valence electrons. The van der Waals surface area contributed by atoms with Crippen molar-refractivity contribution >= 4 is 49.2 Å². The minimum atomic E-state index is -6.19. The van der Waals surface area contributed by atoms with Crippen LogP contribution in [0.25, 0.3) is 0 Å². The van der Waals surface area contributed by atoms with Gasteiger partial charge in [-0.2, -0.15) is 26.3 Å². The molecule has 0 spiro atoms. The maximum Gasteiger partial charge on any atom is 0.501 e. The molecular formula is C34H40F6N6O7S3. The fourth-order valence-corrected chi connectivity index (χ4v) is 8.82. The number of fused-ring (bicyclic) bond motifs is 1. The van der Waals surface area contributed by atoms with Gasteiger partial charge < -0.3 is 19.7 Å². The highest BCUT2D eigenvalue weighted by atomic mass is 32.2. The van der Waals surface area contributed by atoms with E-state index in [1.165, 1.54) is 11.8 Å². The monoisotopic (exact) mass is 854 g/mol. The molecule has 13 nitrogen and oxygen atoms in total. The summed E-state index contributed by atoms with van der Waals surface area (Å²) in [5.41, 5.74) is -7.77. The largest absolute Gasteiger partial charge is 0.501 e. The number of sulfonamides is 1. The predicted octanol–water partition coefficient (Wildman–Crippen LogP) is 6.18. The van der Waals surface area contributed by atoms with E-state index in [2.05, 4.69) is 20.2 Å². The van der Waals surface area contributed by atoms with Crippen molar-refractivity contribution in [2.45, 2.75) is 78.2 Å². The van der Waals surface area contributed by atoms with Gasteiger partial charge in [0.05, 0.1) is 36.0 Å². The Balaban J connectivity index is 1.49. The number of alkyl halides is 6. The van der Waals surface area contributed by atoms with Crippen molar-refractivity contribution in [3.63, 3.8) is 0 Å². The summed E-state index contributed by atoms with van der Waals surface area (Å²) in [5, 5.41) is 2.90. The number of ether oxygens (including phenoxy) is 2. The highest BCUT2D eigenvalue weighted by Gasteiger charge is 2.48. The molecule has 2 aliphatic rings. The van der Waals surface area contributed by atoms with Gasteiger partial charge in [-0.05, 0) is 63.9 Å². The molecule has 1 amide bonds. The molecule has 0 saturated carbocycles. The Morgan fingerprint density at radius 3 is 2.27 bits per heavy atom. The van der Waals surface area contributed by atoms with Crippen LogP contribution < -0.4 is 10.0 Å². The number of anilines is 2. The fourth-order valence-electron chi connectivity index (χ4n) is 5.74. The van der Waals surface area contributed by atoms with Crippen LogP contribution in [0, 0.1) is 0 Å². The molecule has 3 heterocycles. The van der Waals surface area contributed by atoms with E-state index in [0.29, 0.717) is 45.3 Å². The molecule has 22 heteroatoms. The number of nitrogens with one attached hydrogen (secondary N) is 2. The van der Waals surface area contributed by atoms with Crippen molar-refractivity contribution in [3.05, 3.63) is 65.6 Å². The first-order chi connectivity index (χ1) is 26.0. The normalized spacial score (nSPS) is 16.6. The van der Waals surface area contributed by atoms with Gasteiger partial charge in [0, 0.05) is 48.4 Å². The second kappa shape index (κ2) is 16.9. The van der Waals surface area contributed by atoms with Crippen LogP contribution in [0.2, 0.25) is 0 Å². The van der Waals surface area contributed by atoms with Crippen molar-refractivity contribution < 1.29 is 57.4 Å². The van der Waals surface area contributed by atoms with E-state index in [1.54, 1.807) is 32.9 Å². The molecule has 0 radical (unpaired) electrons. The van der Waals surface area contributed by atoms with Gasteiger partial charge in [0.1, 0.15) is 16.3 Å². The topological polar surface area (TPSA) is 160 Å². The van der Waals surface area contributed by atoms with Crippen molar-refractivity contribution in [3.8, 4) is 0 Å². The van der Waals surface area contributed by atoms with Crippen LogP contribution in [-0.4, -0.2) is 105 Å². The van der Waals surface area contributed by atoms with Crippen molar-refractivity contribution in [2.75, 3.05) is 55.2 Å². The van der Waals surface area contributed by atoms with E-state index in [0.717, 1.165) is 21.9 Å². The Morgan fingerprint density at radius 1 is 0.964 bits per heavy atom. The third kappa shape index (κ3) is 11.0. The summed E-state index contributed by atoms with van der Waals surface area (Å²) < 4.78 is 150. The average molecular weight is 855 g/mol. The molecule has 0 aliphatic carbocycles. The zero-order valence-electron chi connectivity index (χ0n) is 30.4. The van der Waals surface area contributed by atoms with Crippen LogP contribution in [0.4, 0.5) is 42.6 Å². The number of benzene rings is 2. The molecule has 0 bridgehead atoms. The number of amides is 1. The quantitative estimate of drug-likeness (QED) is 0.158. The van der Waals surface area contributed by atoms with Gasteiger partial charge >= 0.3 is 17.8 Å². The Morgan fingerprint density at radius 2 is 1.64 bits per heavy atom. The number of nitrogens with zero attached hydrogens (tertiary/aromatic N) is 4. The van der Waals surface area contributed by atoms with Gasteiger partial charge in [0.15, 0.2) is 0 Å². The second-order valence-corrected chi connectivity index (χ2v) is 18.6. The zero-order valence-corrected chi connectivity index (χ0v) is 32.9. The van der Waals surface area contributed by atoms with Crippen LogP contribution in [0.3, 0.4) is 0 Å². The number of thioether (sulfide) groups is 1. The average Bonchev–Trinajstić information content (AvgIpc) is 3.11. The molecule has 1 unspecified atom stereocenters. The number of sulfone groups is 1. The van der Waals surface area contributed by atoms with E-state index >= 15 is 0 Å². The van der Waals surface area contributed by atoms with E-state index in [4.69, 9.17) is 9.47 Å². The molecule has 1 aromatic heterocycles. The molecule has 1 atom stereocenters. The van der Waals surface area contributed by atoms with Crippen LogP contribution in [0.1, 0.15) is 44.3 Å². The second-order valence-electron chi connectivity index (χ2n) is 13.9. The zero-order chi connectivity index (χ0) is 41.1. The number of aromatic nitrogens is 2. The number of hydrogen-bond donors (Lipinski definition) is 2. The minimum Gasteiger partial charge on any atom is -0.444 e. The SMILES string of the molecule is CC(C)(C)OC(=O)N1CCc2c(nc(C(F)(F)F)nc2NS(=O)(=O)c2ccc(NC(CCN3CCOCC3)CSc3ccccc3)c(S(=O)(=O)C(F)(F)F)c2)C1. The van der Waals surface area contributed by atoms with Gasteiger partial charge in [0.2, 0.25) is 5.82 Å². The summed E-state index contributed by atoms with van der Waals surface area (Å²) in [6, 6.07) is 10.5. The lowest BCUT2D eigenvalue weighted by Crippen LogP contribution is -2.41. The van der Waals surface area contributed by atoms with Crippen LogP contribution in [-0.2, 0) is 48.5 Å². The number of rotatable bonds is 12. The highest BCUT2D eigenvalue weighted by molar-refractivity contribution is 7.99. The first kappa shape index (κ1) is 43.3. The molecule has 56 heavy (non-hydrogen) atoms. The maximum absolute atomic E-state index is 14.1. The van der Waals surface area contributed by atoms with Gasteiger partial charge in [-0.15, -0.1) is 11.8 Å². The van der Waals surface area contributed by atoms with E-state index in [9.17, 15) is 48.0 Å². The fraction of sp³-hybridized carbons (Fsp3) is 0.500. The minimum absolute atomic E-state index is 0.109. The van der Waals surface area contributed by atoms with Crippen LogP contribution in [0.15, 0.2) is 63.2 Å². The molecule has 5 rings (SSSR count). The Kier molecular flexibility index (Phi) is 13.1. The summed E-state index contributed by atoms with van der Waals surface area (Å²) in [5.74, 6) is -2.31. The van der Waals surface area contributed by atoms with E-state index in [1.807, 2.05) is 22.9 Å². The molecule has 1 saturated heterocycles. The molecule has 1 fully saturated rings. The number of carbonyl (C=O) groups excluding carboxylic acids is 1. The summed E-state index contributed by atoms with van der Waals surface area (Å²) >= 11 is 1.38. The predicted molar refractivity (Wildman–Crippen MR) is 194 cm³/mol. The molecule has 2 aromatic carbocycles. The van der Waals surface area contributed by atoms with Crippen molar-refractivity contribution in [2.24, 2.45) is 0 Å². The smallest absolute Gasteiger partial charge is 0.444 e. The third-order valence-electron chi connectivity index (χ3n) is 8.51. The first-order valence-electron chi connectivity index (χ1n) is 17.2.